The third-order valence-corrected chi connectivity index (χ3v) is 4.39. The summed E-state index contributed by atoms with van der Waals surface area (Å²) in [6, 6.07) is 7.92. The summed E-state index contributed by atoms with van der Waals surface area (Å²) >= 11 is 6.14. The van der Waals surface area contributed by atoms with Crippen molar-refractivity contribution in [2.75, 3.05) is 5.73 Å². The number of aromatic amines is 1. The number of benzene rings is 1. The van der Waals surface area contributed by atoms with Crippen molar-refractivity contribution in [2.45, 2.75) is 6.18 Å². The van der Waals surface area contributed by atoms with E-state index in [9.17, 15) is 18.0 Å². The smallest absolute Gasteiger partial charge is 0.396 e. The summed E-state index contributed by atoms with van der Waals surface area (Å²) in [7, 11) is 0. The van der Waals surface area contributed by atoms with Crippen LogP contribution in [0.5, 0.6) is 0 Å². The normalized spacial score (nSPS) is 12.2. The number of alkyl halides is 3. The van der Waals surface area contributed by atoms with Crippen molar-refractivity contribution >= 4 is 33.7 Å². The van der Waals surface area contributed by atoms with Crippen molar-refractivity contribution in [3.05, 3.63) is 63.8 Å². The number of nitrogen functional groups attached to an aromatic ring is 1. The van der Waals surface area contributed by atoms with Crippen LogP contribution in [0.15, 0.2) is 47.5 Å². The van der Waals surface area contributed by atoms with E-state index in [0.29, 0.717) is 27.1 Å². The van der Waals surface area contributed by atoms with E-state index in [2.05, 4.69) is 9.97 Å². The lowest BCUT2D eigenvalue weighted by molar-refractivity contribution is -0.140. The first kappa shape index (κ1) is 16.5. The molecule has 3 aromatic heterocycles. The molecule has 4 rings (SSSR count). The number of anilines is 1. The number of H-pyrrole nitrogens is 1. The number of nitrogens with one attached hydrogen (secondary N) is 1. The van der Waals surface area contributed by atoms with Crippen molar-refractivity contribution in [3.63, 3.8) is 0 Å². The van der Waals surface area contributed by atoms with Crippen molar-refractivity contribution in [1.29, 1.82) is 0 Å². The number of fused-ring (bicyclic) bond motifs is 2. The highest BCUT2D eigenvalue weighted by Crippen LogP contribution is 2.33. The highest BCUT2D eigenvalue weighted by molar-refractivity contribution is 6.35. The third kappa shape index (κ3) is 2.50. The van der Waals surface area contributed by atoms with Gasteiger partial charge in [0, 0.05) is 23.2 Å². The molecule has 3 heterocycles. The van der Waals surface area contributed by atoms with E-state index in [1.165, 1.54) is 16.7 Å². The lowest BCUT2D eigenvalue weighted by atomic mass is 10.1. The van der Waals surface area contributed by atoms with Crippen molar-refractivity contribution in [2.24, 2.45) is 0 Å². The molecule has 0 fully saturated rings. The van der Waals surface area contributed by atoms with Gasteiger partial charge in [0.1, 0.15) is 0 Å². The van der Waals surface area contributed by atoms with E-state index in [1.807, 2.05) is 0 Å². The highest BCUT2D eigenvalue weighted by atomic mass is 35.5. The van der Waals surface area contributed by atoms with Crippen LogP contribution in [0.4, 0.5) is 18.9 Å². The number of nitrogens with zero attached hydrogens (tertiary/aromatic N) is 2. The van der Waals surface area contributed by atoms with Crippen LogP contribution in [0.3, 0.4) is 0 Å². The molecule has 4 aromatic rings. The fourth-order valence-electron chi connectivity index (χ4n) is 2.85. The molecule has 0 unspecified atom stereocenters. The molecular weight excluding hydrogens is 369 g/mol. The molecule has 0 aliphatic carbocycles. The van der Waals surface area contributed by atoms with Gasteiger partial charge in [-0.2, -0.15) is 13.2 Å². The van der Waals surface area contributed by atoms with Gasteiger partial charge in [0.05, 0.1) is 16.4 Å². The van der Waals surface area contributed by atoms with Crippen LogP contribution in [0.2, 0.25) is 5.02 Å². The van der Waals surface area contributed by atoms with E-state index >= 15 is 0 Å². The molecule has 5 nitrogen and oxygen atoms in total. The molecule has 0 aliphatic heterocycles. The van der Waals surface area contributed by atoms with Crippen molar-refractivity contribution in [1.82, 2.24) is 14.4 Å². The van der Waals surface area contributed by atoms with Gasteiger partial charge < -0.3 is 10.7 Å². The Kier molecular flexibility index (Phi) is 3.48. The standard InChI is InChI=1S/C17H10ClF3N4O/c18-11-6-23-16(26)9-2-1-8(5-10(9)11)13-4-3-12(22)15-24-14(7-25(13)15)17(19,20)21/h1-7H,22H2,(H,23,26). The Morgan fingerprint density at radius 3 is 2.65 bits per heavy atom. The minimum atomic E-state index is -4.59. The first-order valence-corrected chi connectivity index (χ1v) is 7.79. The van der Waals surface area contributed by atoms with E-state index < -0.39 is 11.9 Å². The third-order valence-electron chi connectivity index (χ3n) is 4.08. The molecule has 0 amide bonds. The molecule has 0 atom stereocenters. The van der Waals surface area contributed by atoms with Crippen LogP contribution in [0.25, 0.3) is 27.7 Å². The van der Waals surface area contributed by atoms with Gasteiger partial charge in [-0.1, -0.05) is 17.7 Å². The predicted molar refractivity (Wildman–Crippen MR) is 93.2 cm³/mol. The second-order valence-electron chi connectivity index (χ2n) is 5.72. The van der Waals surface area contributed by atoms with Gasteiger partial charge in [-0.3, -0.25) is 9.20 Å². The summed E-state index contributed by atoms with van der Waals surface area (Å²) in [5.41, 5.74) is 5.58. The summed E-state index contributed by atoms with van der Waals surface area (Å²) in [5.74, 6) is 0. The number of aromatic nitrogens is 3. The first-order chi connectivity index (χ1) is 12.3. The second-order valence-corrected chi connectivity index (χ2v) is 6.12. The zero-order chi connectivity index (χ0) is 18.6. The van der Waals surface area contributed by atoms with Crippen LogP contribution in [0.1, 0.15) is 5.69 Å². The average molecular weight is 379 g/mol. The Labute approximate surface area is 148 Å². The van der Waals surface area contributed by atoms with E-state index in [-0.39, 0.29) is 16.9 Å². The SMILES string of the molecule is Nc1ccc(-c2ccc3c(=O)[nH]cc(Cl)c3c2)n2cc(C(F)(F)F)nc12. The van der Waals surface area contributed by atoms with Gasteiger partial charge in [0.15, 0.2) is 11.3 Å². The van der Waals surface area contributed by atoms with E-state index in [0.717, 1.165) is 6.20 Å². The van der Waals surface area contributed by atoms with Gasteiger partial charge in [-0.25, -0.2) is 4.98 Å². The molecule has 0 saturated heterocycles. The maximum atomic E-state index is 13.0. The molecule has 0 saturated carbocycles. The monoisotopic (exact) mass is 378 g/mol. The summed E-state index contributed by atoms with van der Waals surface area (Å²) in [5, 5.41) is 1.21. The Hall–Kier alpha value is -3.00. The van der Waals surface area contributed by atoms with Gasteiger partial charge in [-0.15, -0.1) is 0 Å². The Bertz CT molecular complexity index is 1230. The van der Waals surface area contributed by atoms with E-state index in [4.69, 9.17) is 17.3 Å². The molecule has 3 N–H and O–H groups in total. The Balaban J connectivity index is 2.01. The van der Waals surface area contributed by atoms with Crippen LogP contribution in [-0.4, -0.2) is 14.4 Å². The minimum Gasteiger partial charge on any atom is -0.396 e. The van der Waals surface area contributed by atoms with Crippen LogP contribution in [0, 0.1) is 0 Å². The lowest BCUT2D eigenvalue weighted by Crippen LogP contribution is -2.05. The number of hydrogen-bond acceptors (Lipinski definition) is 3. The fourth-order valence-corrected chi connectivity index (χ4v) is 3.06. The largest absolute Gasteiger partial charge is 0.434 e. The lowest BCUT2D eigenvalue weighted by Gasteiger charge is -2.09. The molecule has 0 spiro atoms. The number of halogens is 4. The zero-order valence-corrected chi connectivity index (χ0v) is 13.7. The topological polar surface area (TPSA) is 76.2 Å². The number of imidazole rings is 1. The van der Waals surface area contributed by atoms with Crippen LogP contribution in [-0.2, 0) is 6.18 Å². The van der Waals surface area contributed by atoms with Gasteiger partial charge >= 0.3 is 6.18 Å². The van der Waals surface area contributed by atoms with Crippen molar-refractivity contribution < 1.29 is 13.2 Å². The number of nitrogens with two attached hydrogens (primary N) is 1. The quantitative estimate of drug-likeness (QED) is 0.523. The Morgan fingerprint density at radius 1 is 1.15 bits per heavy atom. The molecular formula is C17H10ClF3N4O. The molecule has 1 aromatic carbocycles. The van der Waals surface area contributed by atoms with Crippen LogP contribution < -0.4 is 11.3 Å². The molecule has 0 bridgehead atoms. The number of hydrogen-bond donors (Lipinski definition) is 2. The second kappa shape index (κ2) is 5.50. The average Bonchev–Trinajstić information content (AvgIpc) is 3.05. The highest BCUT2D eigenvalue weighted by Gasteiger charge is 2.34. The van der Waals surface area contributed by atoms with Gasteiger partial charge in [-0.05, 0) is 29.8 Å². The van der Waals surface area contributed by atoms with Gasteiger partial charge in [0.2, 0.25) is 0 Å². The summed E-state index contributed by atoms with van der Waals surface area (Å²) < 4.78 is 40.4. The molecule has 132 valence electrons. The Morgan fingerprint density at radius 2 is 1.92 bits per heavy atom. The molecule has 9 heteroatoms. The molecule has 0 aliphatic rings. The number of rotatable bonds is 1. The zero-order valence-electron chi connectivity index (χ0n) is 12.9. The van der Waals surface area contributed by atoms with Gasteiger partial charge in [0.25, 0.3) is 5.56 Å². The maximum absolute atomic E-state index is 13.0. The first-order valence-electron chi connectivity index (χ1n) is 7.42. The fraction of sp³-hybridized carbons (Fsp3) is 0.0588. The maximum Gasteiger partial charge on any atom is 0.434 e. The number of pyridine rings is 2. The predicted octanol–water partition coefficient (Wildman–Crippen LogP) is 4.10. The summed E-state index contributed by atoms with van der Waals surface area (Å²) in [4.78, 5) is 18.0. The van der Waals surface area contributed by atoms with Crippen molar-refractivity contribution in [3.8, 4) is 11.3 Å². The minimum absolute atomic E-state index is 0.00641. The van der Waals surface area contributed by atoms with Crippen LogP contribution >= 0.6 is 11.6 Å². The molecule has 0 radical (unpaired) electrons. The van der Waals surface area contributed by atoms with E-state index in [1.54, 1.807) is 24.3 Å². The summed E-state index contributed by atoms with van der Waals surface area (Å²) in [6.07, 6.45) is -2.33. The summed E-state index contributed by atoms with van der Waals surface area (Å²) in [6.45, 7) is 0. The molecule has 26 heavy (non-hydrogen) atoms.